The number of rotatable bonds is 5. The molecule has 0 heterocycles. The van der Waals surface area contributed by atoms with Gasteiger partial charge in [0, 0.05) is 36.3 Å². The van der Waals surface area contributed by atoms with Crippen molar-refractivity contribution in [2.45, 2.75) is 13.8 Å². The van der Waals surface area contributed by atoms with Gasteiger partial charge in [-0.05, 0) is 37.3 Å². The SMILES string of the molecule is CC(=O)N(CCNC(=O)c1cccc(Cl)c1)c1ccc(C)cc1. The first kappa shape index (κ1) is 17.0. The minimum Gasteiger partial charge on any atom is -0.350 e. The van der Waals surface area contributed by atoms with Crippen molar-refractivity contribution in [2.24, 2.45) is 0 Å². The van der Waals surface area contributed by atoms with Crippen molar-refractivity contribution in [3.05, 3.63) is 64.7 Å². The molecule has 0 saturated heterocycles. The van der Waals surface area contributed by atoms with Gasteiger partial charge in [-0.1, -0.05) is 35.4 Å². The normalized spacial score (nSPS) is 10.2. The lowest BCUT2D eigenvalue weighted by Gasteiger charge is -2.21. The van der Waals surface area contributed by atoms with Crippen LogP contribution in [0.5, 0.6) is 0 Å². The predicted octanol–water partition coefficient (Wildman–Crippen LogP) is 3.43. The second-order valence-corrected chi connectivity index (χ2v) is 5.71. The van der Waals surface area contributed by atoms with Crippen LogP contribution in [0.4, 0.5) is 5.69 Å². The van der Waals surface area contributed by atoms with Crippen molar-refractivity contribution in [2.75, 3.05) is 18.0 Å². The van der Waals surface area contributed by atoms with E-state index in [0.717, 1.165) is 11.3 Å². The molecule has 0 atom stereocenters. The molecule has 0 saturated carbocycles. The smallest absolute Gasteiger partial charge is 0.251 e. The van der Waals surface area contributed by atoms with Crippen LogP contribution in [0, 0.1) is 6.92 Å². The maximum absolute atomic E-state index is 12.1. The van der Waals surface area contributed by atoms with Crippen LogP contribution in [-0.2, 0) is 4.79 Å². The summed E-state index contributed by atoms with van der Waals surface area (Å²) in [6.07, 6.45) is 0. The van der Waals surface area contributed by atoms with E-state index in [1.54, 1.807) is 29.2 Å². The summed E-state index contributed by atoms with van der Waals surface area (Å²) in [5.41, 5.74) is 2.45. The molecule has 0 aromatic heterocycles. The van der Waals surface area contributed by atoms with Gasteiger partial charge in [0.2, 0.25) is 5.91 Å². The molecule has 0 spiro atoms. The maximum atomic E-state index is 12.1. The Morgan fingerprint density at radius 1 is 1.13 bits per heavy atom. The fraction of sp³-hybridized carbons (Fsp3) is 0.222. The summed E-state index contributed by atoms with van der Waals surface area (Å²) in [6.45, 7) is 4.27. The van der Waals surface area contributed by atoms with Crippen molar-refractivity contribution < 1.29 is 9.59 Å². The van der Waals surface area contributed by atoms with Crippen LogP contribution in [-0.4, -0.2) is 24.9 Å². The van der Waals surface area contributed by atoms with Crippen molar-refractivity contribution >= 4 is 29.1 Å². The molecule has 0 fully saturated rings. The fourth-order valence-corrected chi connectivity index (χ4v) is 2.40. The van der Waals surface area contributed by atoms with Crippen LogP contribution in [0.2, 0.25) is 5.02 Å². The Hall–Kier alpha value is -2.33. The number of anilines is 1. The summed E-state index contributed by atoms with van der Waals surface area (Å²) < 4.78 is 0. The van der Waals surface area contributed by atoms with Crippen molar-refractivity contribution in [1.82, 2.24) is 5.32 Å². The molecule has 0 bridgehead atoms. The number of hydrogen-bond donors (Lipinski definition) is 1. The highest BCUT2D eigenvalue weighted by molar-refractivity contribution is 6.30. The highest BCUT2D eigenvalue weighted by Crippen LogP contribution is 2.15. The monoisotopic (exact) mass is 330 g/mol. The quantitative estimate of drug-likeness (QED) is 0.913. The van der Waals surface area contributed by atoms with E-state index in [9.17, 15) is 9.59 Å². The number of benzene rings is 2. The van der Waals surface area contributed by atoms with E-state index in [-0.39, 0.29) is 11.8 Å². The summed E-state index contributed by atoms with van der Waals surface area (Å²) in [4.78, 5) is 25.5. The second-order valence-electron chi connectivity index (χ2n) is 5.27. The van der Waals surface area contributed by atoms with Gasteiger partial charge in [0.15, 0.2) is 0 Å². The Bertz CT molecular complexity index is 698. The lowest BCUT2D eigenvalue weighted by molar-refractivity contribution is -0.116. The van der Waals surface area contributed by atoms with Crippen molar-refractivity contribution in [3.63, 3.8) is 0 Å². The number of aryl methyl sites for hydroxylation is 1. The van der Waals surface area contributed by atoms with Crippen LogP contribution >= 0.6 is 11.6 Å². The first-order chi connectivity index (χ1) is 11.0. The Morgan fingerprint density at radius 3 is 2.43 bits per heavy atom. The topological polar surface area (TPSA) is 49.4 Å². The Kier molecular flexibility index (Phi) is 5.77. The molecular weight excluding hydrogens is 312 g/mol. The van der Waals surface area contributed by atoms with E-state index in [0.29, 0.717) is 23.7 Å². The van der Waals surface area contributed by atoms with Gasteiger partial charge in [-0.15, -0.1) is 0 Å². The zero-order chi connectivity index (χ0) is 16.8. The number of nitrogens with zero attached hydrogens (tertiary/aromatic N) is 1. The third-order valence-electron chi connectivity index (χ3n) is 3.43. The molecule has 0 aliphatic carbocycles. The molecule has 2 aromatic carbocycles. The van der Waals surface area contributed by atoms with Crippen LogP contribution in [0.25, 0.3) is 0 Å². The number of hydrogen-bond acceptors (Lipinski definition) is 2. The molecule has 23 heavy (non-hydrogen) atoms. The number of carbonyl (C=O) groups excluding carboxylic acids is 2. The molecule has 0 aliphatic rings. The summed E-state index contributed by atoms with van der Waals surface area (Å²) >= 11 is 5.87. The van der Waals surface area contributed by atoms with Crippen molar-refractivity contribution in [3.8, 4) is 0 Å². The molecule has 120 valence electrons. The number of amides is 2. The van der Waals surface area contributed by atoms with Crippen molar-refractivity contribution in [1.29, 1.82) is 0 Å². The van der Waals surface area contributed by atoms with E-state index < -0.39 is 0 Å². The van der Waals surface area contributed by atoms with E-state index in [1.807, 2.05) is 31.2 Å². The largest absolute Gasteiger partial charge is 0.350 e. The van der Waals surface area contributed by atoms with Gasteiger partial charge in [0.25, 0.3) is 5.91 Å². The predicted molar refractivity (Wildman–Crippen MR) is 93.0 cm³/mol. The molecule has 0 radical (unpaired) electrons. The molecule has 2 aromatic rings. The van der Waals surface area contributed by atoms with Gasteiger partial charge in [-0.3, -0.25) is 9.59 Å². The third kappa shape index (κ3) is 4.83. The fourth-order valence-electron chi connectivity index (χ4n) is 2.21. The minimum atomic E-state index is -0.208. The molecule has 0 unspecified atom stereocenters. The number of nitrogens with one attached hydrogen (secondary N) is 1. The maximum Gasteiger partial charge on any atom is 0.251 e. The van der Waals surface area contributed by atoms with E-state index in [4.69, 9.17) is 11.6 Å². The zero-order valence-corrected chi connectivity index (χ0v) is 13.9. The molecule has 1 N–H and O–H groups in total. The standard InChI is InChI=1S/C18H19ClN2O2/c1-13-6-8-17(9-7-13)21(14(2)22)11-10-20-18(23)15-4-3-5-16(19)12-15/h3-9,12H,10-11H2,1-2H3,(H,20,23). The van der Waals surface area contributed by atoms with Gasteiger partial charge in [-0.25, -0.2) is 0 Å². The molecule has 5 heteroatoms. The van der Waals surface area contributed by atoms with E-state index in [1.165, 1.54) is 6.92 Å². The van der Waals surface area contributed by atoms with Gasteiger partial charge in [0.05, 0.1) is 0 Å². The summed E-state index contributed by atoms with van der Waals surface area (Å²) in [5.74, 6) is -0.272. The first-order valence-corrected chi connectivity index (χ1v) is 7.73. The Morgan fingerprint density at radius 2 is 1.83 bits per heavy atom. The molecule has 2 rings (SSSR count). The molecular formula is C18H19ClN2O2. The summed E-state index contributed by atoms with van der Waals surface area (Å²) in [7, 11) is 0. The average molecular weight is 331 g/mol. The average Bonchev–Trinajstić information content (AvgIpc) is 2.52. The summed E-state index contributed by atoms with van der Waals surface area (Å²) in [6, 6.07) is 14.5. The highest BCUT2D eigenvalue weighted by Gasteiger charge is 2.12. The van der Waals surface area contributed by atoms with Gasteiger partial charge in [0.1, 0.15) is 0 Å². The van der Waals surface area contributed by atoms with E-state index in [2.05, 4.69) is 5.32 Å². The summed E-state index contributed by atoms with van der Waals surface area (Å²) in [5, 5.41) is 3.32. The van der Waals surface area contributed by atoms with Crippen LogP contribution in [0.1, 0.15) is 22.8 Å². The first-order valence-electron chi connectivity index (χ1n) is 7.36. The molecule has 2 amide bonds. The van der Waals surface area contributed by atoms with Gasteiger partial charge < -0.3 is 10.2 Å². The lowest BCUT2D eigenvalue weighted by Crippen LogP contribution is -2.37. The Balaban J connectivity index is 1.96. The third-order valence-corrected chi connectivity index (χ3v) is 3.67. The van der Waals surface area contributed by atoms with Crippen LogP contribution < -0.4 is 10.2 Å². The second kappa shape index (κ2) is 7.79. The van der Waals surface area contributed by atoms with Crippen LogP contribution in [0.15, 0.2) is 48.5 Å². The highest BCUT2D eigenvalue weighted by atomic mass is 35.5. The zero-order valence-electron chi connectivity index (χ0n) is 13.2. The van der Waals surface area contributed by atoms with Gasteiger partial charge >= 0.3 is 0 Å². The number of carbonyl (C=O) groups is 2. The number of halogens is 1. The molecule has 4 nitrogen and oxygen atoms in total. The lowest BCUT2D eigenvalue weighted by atomic mass is 10.2. The van der Waals surface area contributed by atoms with Crippen LogP contribution in [0.3, 0.4) is 0 Å². The minimum absolute atomic E-state index is 0.0640. The van der Waals surface area contributed by atoms with E-state index >= 15 is 0 Å². The Labute approximate surface area is 141 Å². The van der Waals surface area contributed by atoms with Gasteiger partial charge in [-0.2, -0.15) is 0 Å². The molecule has 0 aliphatic heterocycles.